The fourth-order valence-electron chi connectivity index (χ4n) is 5.17. The highest BCUT2D eigenvalue weighted by atomic mass is 16.6. The Morgan fingerprint density at radius 3 is 2.41 bits per heavy atom. The van der Waals surface area contributed by atoms with E-state index in [4.69, 9.17) is 29.2 Å². The number of anilines is 2. The molecule has 12 heteroatoms. The van der Waals surface area contributed by atoms with Gasteiger partial charge < -0.3 is 24.0 Å². The lowest BCUT2D eigenvalue weighted by Gasteiger charge is -2.37. The Labute approximate surface area is 214 Å². The van der Waals surface area contributed by atoms with Crippen LogP contribution in [0.25, 0.3) is 0 Å². The van der Waals surface area contributed by atoms with Gasteiger partial charge in [-0.25, -0.2) is 4.99 Å². The van der Waals surface area contributed by atoms with Crippen LogP contribution in [0.5, 0.6) is 0 Å². The Hall–Kier alpha value is -3.64. The lowest BCUT2D eigenvalue weighted by atomic mass is 9.75. The van der Waals surface area contributed by atoms with Crippen LogP contribution in [0.1, 0.15) is 30.4 Å². The molecule has 1 aromatic heterocycles. The van der Waals surface area contributed by atoms with Crippen molar-refractivity contribution in [3.05, 3.63) is 45.5 Å². The predicted molar refractivity (Wildman–Crippen MR) is 136 cm³/mol. The number of aliphatic imine (C=N–C) groups is 1. The molecule has 0 saturated carbocycles. The first kappa shape index (κ1) is 25.0. The maximum Gasteiger partial charge on any atom is 0.315 e. The van der Waals surface area contributed by atoms with Crippen LogP contribution in [0.4, 0.5) is 23.3 Å². The van der Waals surface area contributed by atoms with Gasteiger partial charge in [-0.2, -0.15) is 9.97 Å². The second-order valence-electron chi connectivity index (χ2n) is 9.07. The highest BCUT2D eigenvalue weighted by Gasteiger charge is 2.43. The Kier molecular flexibility index (Phi) is 7.28. The van der Waals surface area contributed by atoms with Gasteiger partial charge in [-0.3, -0.25) is 14.9 Å². The van der Waals surface area contributed by atoms with Gasteiger partial charge in [0.1, 0.15) is 11.7 Å². The van der Waals surface area contributed by atoms with Crippen LogP contribution in [0, 0.1) is 16.0 Å². The zero-order valence-corrected chi connectivity index (χ0v) is 21.0. The summed E-state index contributed by atoms with van der Waals surface area (Å²) < 4.78 is 16.3. The minimum atomic E-state index is -0.762. The molecule has 0 aliphatic carbocycles. The molecule has 12 nitrogen and oxygen atoms in total. The molecule has 4 heterocycles. The molecular formula is C25H30N6O6. The highest BCUT2D eigenvalue weighted by Crippen LogP contribution is 2.47. The summed E-state index contributed by atoms with van der Waals surface area (Å²) in [5, 5.41) is 11.6. The minimum absolute atomic E-state index is 0.0537. The van der Waals surface area contributed by atoms with Crippen LogP contribution in [0.15, 0.2) is 29.3 Å². The van der Waals surface area contributed by atoms with Crippen LogP contribution < -0.4 is 9.80 Å². The number of hydrogen-bond acceptors (Lipinski definition) is 11. The Bertz CT molecular complexity index is 1210. The Morgan fingerprint density at radius 1 is 1.11 bits per heavy atom. The maximum absolute atomic E-state index is 13.2. The van der Waals surface area contributed by atoms with E-state index in [9.17, 15) is 14.9 Å². The Morgan fingerprint density at radius 2 is 1.78 bits per heavy atom. The first-order valence-electron chi connectivity index (χ1n) is 12.5. The van der Waals surface area contributed by atoms with E-state index >= 15 is 0 Å². The fourth-order valence-corrected chi connectivity index (χ4v) is 5.17. The van der Waals surface area contributed by atoms with Crippen molar-refractivity contribution in [1.82, 2.24) is 9.97 Å². The molecule has 2 atom stereocenters. The fraction of sp³-hybridized carbons (Fsp3) is 0.520. The van der Waals surface area contributed by atoms with Gasteiger partial charge in [0.25, 0.3) is 5.69 Å². The van der Waals surface area contributed by atoms with Gasteiger partial charge in [0.05, 0.1) is 38.5 Å². The number of aromatic nitrogens is 2. The summed E-state index contributed by atoms with van der Waals surface area (Å²) in [6.45, 7) is 6.71. The standard InChI is InChI=1S/C25H30N6O6/c1-3-18-20(24(32)35-2)19(16-5-4-6-17(15-16)31(33)34)21-22(26-18)27-25(30-9-13-37-14-10-30)28-23(21)29-7-11-36-12-8-29/h4-6,15,19-20H,3,7-14H2,1-2H3. The quantitative estimate of drug-likeness (QED) is 0.324. The molecule has 3 aliphatic heterocycles. The molecule has 0 N–H and O–H groups in total. The third-order valence-corrected chi connectivity index (χ3v) is 7.01. The number of carbonyl (C=O) groups is 1. The van der Waals surface area contributed by atoms with Crippen molar-refractivity contribution in [2.24, 2.45) is 10.9 Å². The average Bonchev–Trinajstić information content (AvgIpc) is 2.96. The number of morpholine rings is 2. The zero-order valence-electron chi connectivity index (χ0n) is 21.0. The Balaban J connectivity index is 1.75. The number of nitrogens with zero attached hydrogens (tertiary/aromatic N) is 6. The van der Waals surface area contributed by atoms with E-state index in [0.717, 1.165) is 0 Å². The average molecular weight is 511 g/mol. The monoisotopic (exact) mass is 510 g/mol. The number of fused-ring (bicyclic) bond motifs is 1. The van der Waals surface area contributed by atoms with Crippen LogP contribution in [0.2, 0.25) is 0 Å². The number of methoxy groups -OCH3 is 1. The summed E-state index contributed by atoms with van der Waals surface area (Å²) >= 11 is 0. The number of nitro groups is 1. The number of non-ortho nitro benzene ring substituents is 1. The van der Waals surface area contributed by atoms with E-state index in [1.807, 2.05) is 6.92 Å². The number of carbonyl (C=O) groups excluding carboxylic acids is 1. The molecular weight excluding hydrogens is 480 g/mol. The molecule has 0 spiro atoms. The minimum Gasteiger partial charge on any atom is -0.468 e. The molecule has 2 aromatic rings. The normalized spacial score (nSPS) is 21.7. The summed E-state index contributed by atoms with van der Waals surface area (Å²) in [5.41, 5.74) is 1.85. The molecule has 0 radical (unpaired) electrons. The SMILES string of the molecule is CCC1=Nc2nc(N3CCOCC3)nc(N3CCOCC3)c2C(c2cccc([N+](=O)[O-])c2)C1C(=O)OC. The summed E-state index contributed by atoms with van der Waals surface area (Å²) in [5.74, 6) is -0.121. The smallest absolute Gasteiger partial charge is 0.315 e. The van der Waals surface area contributed by atoms with Crippen molar-refractivity contribution in [2.45, 2.75) is 19.3 Å². The van der Waals surface area contributed by atoms with Gasteiger partial charge in [0.15, 0.2) is 5.82 Å². The van der Waals surface area contributed by atoms with Crippen LogP contribution in [0.3, 0.4) is 0 Å². The molecule has 2 fully saturated rings. The van der Waals surface area contributed by atoms with E-state index in [1.54, 1.807) is 12.1 Å². The molecule has 0 bridgehead atoms. The van der Waals surface area contributed by atoms with E-state index in [1.165, 1.54) is 19.2 Å². The number of benzene rings is 1. The second-order valence-corrected chi connectivity index (χ2v) is 9.07. The lowest BCUT2D eigenvalue weighted by Crippen LogP contribution is -2.41. The topological polar surface area (TPSA) is 133 Å². The van der Waals surface area contributed by atoms with Crippen molar-refractivity contribution in [2.75, 3.05) is 69.5 Å². The molecule has 2 unspecified atom stereocenters. The number of hydrogen-bond donors (Lipinski definition) is 0. The van der Waals surface area contributed by atoms with Gasteiger partial charge in [-0.15, -0.1) is 0 Å². The van der Waals surface area contributed by atoms with E-state index in [-0.39, 0.29) is 5.69 Å². The third kappa shape index (κ3) is 4.86. The van der Waals surface area contributed by atoms with Crippen LogP contribution in [-0.4, -0.2) is 86.3 Å². The van der Waals surface area contributed by atoms with Crippen LogP contribution >= 0.6 is 0 Å². The van der Waals surface area contributed by atoms with Gasteiger partial charge in [-0.1, -0.05) is 19.1 Å². The lowest BCUT2D eigenvalue weighted by molar-refractivity contribution is -0.384. The maximum atomic E-state index is 13.2. The number of ether oxygens (including phenoxy) is 3. The van der Waals surface area contributed by atoms with E-state index in [2.05, 4.69) is 9.80 Å². The van der Waals surface area contributed by atoms with Crippen molar-refractivity contribution in [1.29, 1.82) is 0 Å². The molecule has 0 amide bonds. The van der Waals surface area contributed by atoms with Gasteiger partial charge >= 0.3 is 5.97 Å². The van der Waals surface area contributed by atoms with Gasteiger partial charge in [0.2, 0.25) is 5.95 Å². The molecule has 5 rings (SSSR count). The molecule has 3 aliphatic rings. The summed E-state index contributed by atoms with van der Waals surface area (Å²) in [4.78, 5) is 43.4. The first-order chi connectivity index (χ1) is 18.0. The van der Waals surface area contributed by atoms with Crippen LogP contribution in [-0.2, 0) is 19.0 Å². The van der Waals surface area contributed by atoms with E-state index < -0.39 is 22.7 Å². The first-order valence-corrected chi connectivity index (χ1v) is 12.5. The largest absolute Gasteiger partial charge is 0.468 e. The molecule has 37 heavy (non-hydrogen) atoms. The summed E-state index contributed by atoms with van der Waals surface area (Å²) in [6.07, 6.45) is 0.494. The summed E-state index contributed by atoms with van der Waals surface area (Å²) in [6, 6.07) is 6.39. The summed E-state index contributed by atoms with van der Waals surface area (Å²) in [7, 11) is 1.34. The zero-order chi connectivity index (χ0) is 25.9. The number of rotatable bonds is 6. The molecule has 1 aromatic carbocycles. The third-order valence-electron chi connectivity index (χ3n) is 7.01. The van der Waals surface area contributed by atoms with Crippen molar-refractivity contribution >= 4 is 35.0 Å². The van der Waals surface area contributed by atoms with Gasteiger partial charge in [-0.05, 0) is 12.0 Å². The van der Waals surface area contributed by atoms with Gasteiger partial charge in [0, 0.05) is 55.5 Å². The van der Waals surface area contributed by atoms with Crippen molar-refractivity contribution in [3.8, 4) is 0 Å². The van der Waals surface area contributed by atoms with E-state index in [0.29, 0.717) is 93.5 Å². The number of esters is 1. The van der Waals surface area contributed by atoms with Crippen molar-refractivity contribution in [3.63, 3.8) is 0 Å². The molecule has 2 saturated heterocycles. The number of nitro benzene ring substituents is 1. The predicted octanol–water partition coefficient (Wildman–Crippen LogP) is 2.48. The second kappa shape index (κ2) is 10.8. The highest BCUT2D eigenvalue weighted by molar-refractivity contribution is 6.06. The molecule has 196 valence electrons. The van der Waals surface area contributed by atoms with Crippen molar-refractivity contribution < 1.29 is 23.9 Å².